The first-order valence-corrected chi connectivity index (χ1v) is 9.45. The number of benzene rings is 1. The molecular formula is C21H23F2NO5. The van der Waals surface area contributed by atoms with Gasteiger partial charge in [-0.15, -0.1) is 0 Å². The Kier molecular flexibility index (Phi) is 6.20. The fourth-order valence-electron chi connectivity index (χ4n) is 3.56. The summed E-state index contributed by atoms with van der Waals surface area (Å²) in [6, 6.07) is 4.76. The Balaban J connectivity index is 2.13. The van der Waals surface area contributed by atoms with Gasteiger partial charge in [-0.2, -0.15) is 0 Å². The predicted octanol–water partition coefficient (Wildman–Crippen LogP) is 3.85. The third-order valence-electron chi connectivity index (χ3n) is 4.93. The zero-order valence-electron chi connectivity index (χ0n) is 16.5. The second-order valence-electron chi connectivity index (χ2n) is 6.69. The normalized spacial score (nSPS) is 14.9. The molecule has 0 saturated carbocycles. The van der Waals surface area contributed by atoms with Crippen molar-refractivity contribution in [1.29, 1.82) is 0 Å². The fraction of sp³-hybridized carbons (Fsp3) is 0.429. The standard InChI is InChI=1S/C21H23F2NO5/c1-4-13-6-12-7-19(29-11-20(22)23)18(27-3)8-14(12)16-9-17(25)15(10-24(13)16)21(26)28-5-2/h7-10,13,20H,4-6,11H2,1-3H3. The first kappa shape index (κ1) is 20.8. The van der Waals surface area contributed by atoms with E-state index in [1.54, 1.807) is 25.3 Å². The summed E-state index contributed by atoms with van der Waals surface area (Å²) in [6.07, 6.45) is 0.288. The molecule has 29 heavy (non-hydrogen) atoms. The minimum Gasteiger partial charge on any atom is -0.493 e. The molecule has 1 atom stereocenters. The minimum atomic E-state index is -2.60. The molecule has 6 nitrogen and oxygen atoms in total. The number of methoxy groups -OCH3 is 1. The molecule has 0 amide bonds. The minimum absolute atomic E-state index is 0.0115. The average Bonchev–Trinajstić information content (AvgIpc) is 2.70. The number of ether oxygens (including phenoxy) is 3. The number of alkyl halides is 2. The molecule has 1 aliphatic rings. The Bertz CT molecular complexity index is 970. The zero-order valence-corrected chi connectivity index (χ0v) is 16.5. The number of hydrogen-bond acceptors (Lipinski definition) is 5. The van der Waals surface area contributed by atoms with Crippen molar-refractivity contribution in [2.45, 2.75) is 39.2 Å². The fourth-order valence-corrected chi connectivity index (χ4v) is 3.56. The Hall–Kier alpha value is -2.90. The van der Waals surface area contributed by atoms with Gasteiger partial charge >= 0.3 is 5.97 Å². The molecule has 0 spiro atoms. The van der Waals surface area contributed by atoms with E-state index in [4.69, 9.17) is 14.2 Å². The van der Waals surface area contributed by atoms with E-state index in [1.807, 2.05) is 11.5 Å². The van der Waals surface area contributed by atoms with Crippen molar-refractivity contribution in [1.82, 2.24) is 4.57 Å². The van der Waals surface area contributed by atoms with E-state index >= 15 is 0 Å². The van der Waals surface area contributed by atoms with Crippen LogP contribution in [0.2, 0.25) is 0 Å². The monoisotopic (exact) mass is 407 g/mol. The molecule has 2 aromatic rings. The third kappa shape index (κ3) is 4.11. The van der Waals surface area contributed by atoms with E-state index in [2.05, 4.69) is 0 Å². The van der Waals surface area contributed by atoms with Gasteiger partial charge in [0, 0.05) is 23.9 Å². The van der Waals surface area contributed by atoms with Gasteiger partial charge in [-0.25, -0.2) is 13.6 Å². The van der Waals surface area contributed by atoms with Crippen molar-refractivity contribution in [2.24, 2.45) is 0 Å². The molecule has 1 aromatic heterocycles. The Morgan fingerprint density at radius 2 is 2.00 bits per heavy atom. The Morgan fingerprint density at radius 3 is 2.62 bits per heavy atom. The number of esters is 1. The van der Waals surface area contributed by atoms with Gasteiger partial charge < -0.3 is 18.8 Å². The number of nitrogens with zero attached hydrogens (tertiary/aromatic N) is 1. The zero-order chi connectivity index (χ0) is 21.1. The molecule has 1 unspecified atom stereocenters. The number of rotatable bonds is 7. The summed E-state index contributed by atoms with van der Waals surface area (Å²) >= 11 is 0. The lowest BCUT2D eigenvalue weighted by Crippen LogP contribution is -2.26. The molecule has 0 radical (unpaired) electrons. The molecular weight excluding hydrogens is 384 g/mol. The first-order chi connectivity index (χ1) is 13.9. The van der Waals surface area contributed by atoms with Crippen LogP contribution in [-0.2, 0) is 11.2 Å². The van der Waals surface area contributed by atoms with Crippen LogP contribution in [0.15, 0.2) is 29.2 Å². The van der Waals surface area contributed by atoms with Crippen LogP contribution in [0.4, 0.5) is 8.78 Å². The van der Waals surface area contributed by atoms with E-state index in [-0.39, 0.29) is 24.0 Å². The van der Waals surface area contributed by atoms with Crippen LogP contribution in [0.3, 0.4) is 0 Å². The van der Waals surface area contributed by atoms with E-state index in [0.717, 1.165) is 17.5 Å². The maximum absolute atomic E-state index is 12.6. The summed E-state index contributed by atoms with van der Waals surface area (Å²) in [5.41, 5.74) is 1.79. The lowest BCUT2D eigenvalue weighted by atomic mass is 9.90. The maximum atomic E-state index is 12.6. The van der Waals surface area contributed by atoms with Crippen molar-refractivity contribution in [3.8, 4) is 22.8 Å². The Labute approximate surface area is 167 Å². The van der Waals surface area contributed by atoms with Crippen LogP contribution in [-0.4, -0.2) is 37.3 Å². The van der Waals surface area contributed by atoms with Crippen LogP contribution in [0, 0.1) is 0 Å². The number of carbonyl (C=O) groups excluding carboxylic acids is 1. The van der Waals surface area contributed by atoms with E-state index in [0.29, 0.717) is 17.9 Å². The average molecular weight is 407 g/mol. The number of hydrogen-bond donors (Lipinski definition) is 0. The molecule has 0 aliphatic carbocycles. The van der Waals surface area contributed by atoms with Crippen LogP contribution in [0.5, 0.6) is 11.5 Å². The van der Waals surface area contributed by atoms with Gasteiger partial charge in [0.2, 0.25) is 0 Å². The van der Waals surface area contributed by atoms with Gasteiger partial charge in [0.15, 0.2) is 16.9 Å². The topological polar surface area (TPSA) is 66.8 Å². The number of fused-ring (bicyclic) bond motifs is 3. The quantitative estimate of drug-likeness (QED) is 0.653. The first-order valence-electron chi connectivity index (χ1n) is 9.45. The molecule has 0 N–H and O–H groups in total. The van der Waals surface area contributed by atoms with Gasteiger partial charge in [-0.05, 0) is 37.5 Å². The van der Waals surface area contributed by atoms with Crippen LogP contribution < -0.4 is 14.9 Å². The van der Waals surface area contributed by atoms with Crippen molar-refractivity contribution in [3.63, 3.8) is 0 Å². The smallest absolute Gasteiger partial charge is 0.343 e. The lowest BCUT2D eigenvalue weighted by molar-refractivity contribution is 0.0523. The van der Waals surface area contributed by atoms with Gasteiger partial charge in [-0.1, -0.05) is 6.92 Å². The molecule has 0 fully saturated rings. The number of carbonyl (C=O) groups is 1. The second kappa shape index (κ2) is 8.63. The summed E-state index contributed by atoms with van der Waals surface area (Å²) in [5.74, 6) is -0.116. The third-order valence-corrected chi connectivity index (χ3v) is 4.93. The molecule has 3 rings (SSSR count). The van der Waals surface area contributed by atoms with Crippen molar-refractivity contribution in [3.05, 3.63) is 45.7 Å². The highest BCUT2D eigenvalue weighted by Crippen LogP contribution is 2.41. The number of pyridine rings is 1. The highest BCUT2D eigenvalue weighted by Gasteiger charge is 2.27. The van der Waals surface area contributed by atoms with Crippen LogP contribution in [0.1, 0.15) is 42.2 Å². The van der Waals surface area contributed by atoms with Gasteiger partial charge in [0.25, 0.3) is 6.43 Å². The van der Waals surface area contributed by atoms with Gasteiger partial charge in [0.1, 0.15) is 12.2 Å². The lowest BCUT2D eigenvalue weighted by Gasteiger charge is -2.31. The molecule has 8 heteroatoms. The number of halogens is 2. The largest absolute Gasteiger partial charge is 0.493 e. The van der Waals surface area contributed by atoms with Gasteiger partial charge in [0.05, 0.1) is 19.4 Å². The highest BCUT2D eigenvalue weighted by molar-refractivity contribution is 5.89. The molecule has 0 bridgehead atoms. The number of aromatic nitrogens is 1. The molecule has 1 aliphatic heterocycles. The van der Waals surface area contributed by atoms with E-state index in [1.165, 1.54) is 13.2 Å². The summed E-state index contributed by atoms with van der Waals surface area (Å²) in [7, 11) is 1.42. The Morgan fingerprint density at radius 1 is 1.24 bits per heavy atom. The van der Waals surface area contributed by atoms with Crippen LogP contribution in [0.25, 0.3) is 11.3 Å². The summed E-state index contributed by atoms with van der Waals surface area (Å²) in [6.45, 7) is 3.13. The van der Waals surface area contributed by atoms with E-state index < -0.39 is 24.4 Å². The molecule has 156 valence electrons. The SMILES string of the molecule is CCOC(=O)c1cn2c(cc1=O)-c1cc(OC)c(OCC(F)F)cc1CC2CC. The van der Waals surface area contributed by atoms with Crippen molar-refractivity contribution >= 4 is 5.97 Å². The van der Waals surface area contributed by atoms with E-state index in [9.17, 15) is 18.4 Å². The summed E-state index contributed by atoms with van der Waals surface area (Å²) < 4.78 is 42.5. The maximum Gasteiger partial charge on any atom is 0.343 e. The second-order valence-corrected chi connectivity index (χ2v) is 6.69. The summed E-state index contributed by atoms with van der Waals surface area (Å²) in [5, 5.41) is 0. The molecule has 0 saturated heterocycles. The van der Waals surface area contributed by atoms with Gasteiger partial charge in [-0.3, -0.25) is 4.79 Å². The molecule has 1 aromatic carbocycles. The van der Waals surface area contributed by atoms with Crippen molar-refractivity contribution in [2.75, 3.05) is 20.3 Å². The summed E-state index contributed by atoms with van der Waals surface area (Å²) in [4.78, 5) is 24.7. The predicted molar refractivity (Wildman–Crippen MR) is 103 cm³/mol. The van der Waals surface area contributed by atoms with Crippen molar-refractivity contribution < 1.29 is 27.8 Å². The highest BCUT2D eigenvalue weighted by atomic mass is 19.3. The van der Waals surface area contributed by atoms with Crippen LogP contribution >= 0.6 is 0 Å². The molecule has 2 heterocycles.